The smallest absolute Gasteiger partial charge is 0.266 e. The van der Waals surface area contributed by atoms with Crippen LogP contribution in [0.2, 0.25) is 5.02 Å². The first-order chi connectivity index (χ1) is 12.1. The summed E-state index contributed by atoms with van der Waals surface area (Å²) in [6.45, 7) is 0. The molecule has 1 heterocycles. The number of para-hydroxylation sites is 1. The Morgan fingerprint density at radius 3 is 2.28 bits per heavy atom. The molecule has 0 aliphatic heterocycles. The molecule has 0 bridgehead atoms. The van der Waals surface area contributed by atoms with E-state index < -0.39 is 0 Å². The van der Waals surface area contributed by atoms with E-state index in [2.05, 4.69) is 0 Å². The summed E-state index contributed by atoms with van der Waals surface area (Å²) in [6.07, 6.45) is 0. The van der Waals surface area contributed by atoms with E-state index in [0.29, 0.717) is 27.4 Å². The number of phenolic OH excluding ortho intramolecular Hbond substituents is 1. The maximum atomic E-state index is 13.1. The van der Waals surface area contributed by atoms with Gasteiger partial charge < -0.3 is 5.11 Å². The summed E-state index contributed by atoms with van der Waals surface area (Å²) in [5.41, 5.74) is 1.88. The summed E-state index contributed by atoms with van der Waals surface area (Å²) in [7, 11) is 0. The molecule has 3 aromatic carbocycles. The van der Waals surface area contributed by atoms with Gasteiger partial charge >= 0.3 is 0 Å². The number of hydrogen-bond donors (Lipinski definition) is 1. The largest absolute Gasteiger partial charge is 0.508 e. The van der Waals surface area contributed by atoms with Gasteiger partial charge in [-0.3, -0.25) is 9.36 Å². The molecule has 4 rings (SSSR count). The lowest BCUT2D eigenvalue weighted by atomic mass is 10.1. The van der Waals surface area contributed by atoms with E-state index in [1.54, 1.807) is 47.0 Å². The Labute approximate surface area is 148 Å². The minimum Gasteiger partial charge on any atom is -0.508 e. The molecule has 1 N–H and O–H groups in total. The number of aromatic nitrogens is 2. The van der Waals surface area contributed by atoms with E-state index in [9.17, 15) is 9.90 Å². The number of nitrogens with zero attached hydrogens (tertiary/aromatic N) is 2. The van der Waals surface area contributed by atoms with E-state index in [1.807, 2.05) is 30.3 Å². The van der Waals surface area contributed by atoms with Gasteiger partial charge in [-0.25, -0.2) is 4.98 Å². The SMILES string of the molecule is O=c1c2ccccc2nc(-c2ccc(Cl)cc2)n1-c1ccc(O)cc1. The van der Waals surface area contributed by atoms with Crippen molar-refractivity contribution in [1.29, 1.82) is 0 Å². The lowest BCUT2D eigenvalue weighted by Crippen LogP contribution is -2.21. The number of hydrogen-bond acceptors (Lipinski definition) is 3. The van der Waals surface area contributed by atoms with Crippen molar-refractivity contribution in [2.24, 2.45) is 0 Å². The van der Waals surface area contributed by atoms with Crippen LogP contribution in [0.3, 0.4) is 0 Å². The van der Waals surface area contributed by atoms with Crippen LogP contribution >= 0.6 is 11.6 Å². The van der Waals surface area contributed by atoms with Crippen molar-refractivity contribution in [3.8, 4) is 22.8 Å². The summed E-state index contributed by atoms with van der Waals surface area (Å²) >= 11 is 5.98. The Morgan fingerprint density at radius 2 is 1.56 bits per heavy atom. The maximum Gasteiger partial charge on any atom is 0.266 e. The fourth-order valence-electron chi connectivity index (χ4n) is 2.77. The molecule has 0 spiro atoms. The van der Waals surface area contributed by atoms with Crippen LogP contribution in [0.5, 0.6) is 5.75 Å². The van der Waals surface area contributed by atoms with E-state index in [1.165, 1.54) is 0 Å². The Balaban J connectivity index is 2.09. The summed E-state index contributed by atoms with van der Waals surface area (Å²) in [4.78, 5) is 17.8. The Hall–Kier alpha value is -3.11. The minimum absolute atomic E-state index is 0.138. The van der Waals surface area contributed by atoms with E-state index in [4.69, 9.17) is 16.6 Å². The standard InChI is InChI=1S/C20H13ClN2O2/c21-14-7-5-13(6-8-14)19-22-18-4-2-1-3-17(18)20(25)23(19)15-9-11-16(24)12-10-15/h1-12,24H. The third kappa shape index (κ3) is 2.77. The lowest BCUT2D eigenvalue weighted by molar-refractivity contribution is 0.475. The van der Waals surface area contributed by atoms with Gasteiger partial charge in [-0.15, -0.1) is 0 Å². The van der Waals surface area contributed by atoms with E-state index in [-0.39, 0.29) is 11.3 Å². The molecule has 4 nitrogen and oxygen atoms in total. The van der Waals surface area contributed by atoms with Crippen molar-refractivity contribution in [3.05, 3.63) is 88.2 Å². The molecule has 0 aliphatic carbocycles. The molecule has 0 amide bonds. The van der Waals surface area contributed by atoms with Crippen LogP contribution in [0.1, 0.15) is 0 Å². The third-order valence-electron chi connectivity index (χ3n) is 3.99. The summed E-state index contributed by atoms with van der Waals surface area (Å²) in [6, 6.07) is 20.9. The topological polar surface area (TPSA) is 55.1 Å². The first kappa shape index (κ1) is 15.4. The number of aromatic hydroxyl groups is 1. The first-order valence-corrected chi connectivity index (χ1v) is 8.08. The fraction of sp³-hybridized carbons (Fsp3) is 0. The molecule has 1 aromatic heterocycles. The number of halogens is 1. The summed E-state index contributed by atoms with van der Waals surface area (Å²) < 4.78 is 1.55. The molecule has 0 atom stereocenters. The summed E-state index contributed by atoms with van der Waals surface area (Å²) in [5, 5.41) is 10.7. The average Bonchev–Trinajstić information content (AvgIpc) is 2.63. The normalized spacial score (nSPS) is 10.9. The Kier molecular flexibility index (Phi) is 3.75. The summed E-state index contributed by atoms with van der Waals surface area (Å²) in [5.74, 6) is 0.657. The molecule has 0 fully saturated rings. The number of benzene rings is 3. The lowest BCUT2D eigenvalue weighted by Gasteiger charge is -2.14. The van der Waals surface area contributed by atoms with Gasteiger partial charge in [-0.1, -0.05) is 23.7 Å². The second-order valence-electron chi connectivity index (χ2n) is 5.62. The highest BCUT2D eigenvalue weighted by molar-refractivity contribution is 6.30. The van der Waals surface area contributed by atoms with Crippen molar-refractivity contribution < 1.29 is 5.11 Å². The van der Waals surface area contributed by atoms with E-state index in [0.717, 1.165) is 5.56 Å². The Morgan fingerprint density at radius 1 is 0.880 bits per heavy atom. The second-order valence-corrected chi connectivity index (χ2v) is 6.05. The molecule has 0 radical (unpaired) electrons. The number of phenols is 1. The quantitative estimate of drug-likeness (QED) is 0.583. The van der Waals surface area contributed by atoms with Crippen molar-refractivity contribution in [2.75, 3.05) is 0 Å². The van der Waals surface area contributed by atoms with Gasteiger partial charge in [0.15, 0.2) is 0 Å². The molecular weight excluding hydrogens is 336 g/mol. The molecular formula is C20H13ClN2O2. The van der Waals surface area contributed by atoms with Crippen molar-refractivity contribution in [3.63, 3.8) is 0 Å². The van der Waals surface area contributed by atoms with Gasteiger partial charge in [0.2, 0.25) is 0 Å². The van der Waals surface area contributed by atoms with Gasteiger partial charge in [-0.05, 0) is 60.7 Å². The molecule has 5 heteroatoms. The second kappa shape index (κ2) is 6.07. The van der Waals surface area contributed by atoms with Crippen molar-refractivity contribution >= 4 is 22.5 Å². The molecule has 4 aromatic rings. The van der Waals surface area contributed by atoms with Crippen LogP contribution in [0.25, 0.3) is 28.0 Å². The predicted molar refractivity (Wildman–Crippen MR) is 99.5 cm³/mol. The zero-order chi connectivity index (χ0) is 17.4. The van der Waals surface area contributed by atoms with Crippen molar-refractivity contribution in [1.82, 2.24) is 9.55 Å². The zero-order valence-electron chi connectivity index (χ0n) is 13.1. The highest BCUT2D eigenvalue weighted by Crippen LogP contribution is 2.24. The number of fused-ring (bicyclic) bond motifs is 1. The Bertz CT molecular complexity index is 1120. The van der Waals surface area contributed by atoms with Crippen LogP contribution in [0.4, 0.5) is 0 Å². The first-order valence-electron chi connectivity index (χ1n) is 7.70. The van der Waals surface area contributed by atoms with Crippen LogP contribution < -0.4 is 5.56 Å². The van der Waals surface area contributed by atoms with Gasteiger partial charge in [0.05, 0.1) is 16.6 Å². The average molecular weight is 349 g/mol. The molecule has 0 saturated heterocycles. The maximum absolute atomic E-state index is 13.1. The molecule has 122 valence electrons. The molecule has 0 aliphatic rings. The van der Waals surface area contributed by atoms with Crippen LogP contribution in [-0.2, 0) is 0 Å². The fourth-order valence-corrected chi connectivity index (χ4v) is 2.89. The van der Waals surface area contributed by atoms with Crippen LogP contribution in [0, 0.1) is 0 Å². The van der Waals surface area contributed by atoms with Crippen molar-refractivity contribution in [2.45, 2.75) is 0 Å². The van der Waals surface area contributed by atoms with Gasteiger partial charge in [-0.2, -0.15) is 0 Å². The molecule has 25 heavy (non-hydrogen) atoms. The highest BCUT2D eigenvalue weighted by Gasteiger charge is 2.14. The third-order valence-corrected chi connectivity index (χ3v) is 4.24. The highest BCUT2D eigenvalue weighted by atomic mass is 35.5. The van der Waals surface area contributed by atoms with Gasteiger partial charge in [0, 0.05) is 10.6 Å². The van der Waals surface area contributed by atoms with E-state index >= 15 is 0 Å². The number of rotatable bonds is 2. The molecule has 0 saturated carbocycles. The van der Waals surface area contributed by atoms with Gasteiger partial charge in [0.25, 0.3) is 5.56 Å². The monoisotopic (exact) mass is 348 g/mol. The zero-order valence-corrected chi connectivity index (χ0v) is 13.8. The van der Waals surface area contributed by atoms with Crippen LogP contribution in [-0.4, -0.2) is 14.7 Å². The molecule has 0 unspecified atom stereocenters. The minimum atomic E-state index is -0.166. The van der Waals surface area contributed by atoms with Gasteiger partial charge in [0.1, 0.15) is 11.6 Å². The predicted octanol–water partition coefficient (Wildman–Crippen LogP) is 4.41. The van der Waals surface area contributed by atoms with Crippen LogP contribution in [0.15, 0.2) is 77.6 Å².